The van der Waals surface area contributed by atoms with Gasteiger partial charge in [-0.15, -0.1) is 0 Å². The van der Waals surface area contributed by atoms with E-state index < -0.39 is 28.4 Å². The molecule has 6 aromatic rings. The Morgan fingerprint density at radius 2 is 0.953 bits per heavy atom. The van der Waals surface area contributed by atoms with Gasteiger partial charge in [0.05, 0.1) is 84.9 Å². The molecule has 16 heteroatoms. The van der Waals surface area contributed by atoms with Crippen LogP contribution in [0.3, 0.4) is 0 Å². The predicted molar refractivity (Wildman–Crippen MR) is 254 cm³/mol. The molecule has 2 aromatic heterocycles. The van der Waals surface area contributed by atoms with E-state index in [0.717, 1.165) is 34.2 Å². The summed E-state index contributed by atoms with van der Waals surface area (Å²) in [7, 11) is 3.77. The molecule has 0 radical (unpaired) electrons. The zero-order valence-corrected chi connectivity index (χ0v) is 41.2. The lowest BCUT2D eigenvalue weighted by molar-refractivity contribution is 0.0810. The first-order valence-corrected chi connectivity index (χ1v) is 28.6. The Kier molecular flexibility index (Phi) is 16.4. The third-order valence-electron chi connectivity index (χ3n) is 10.7. The highest BCUT2D eigenvalue weighted by atomic mass is 28.3. The number of ether oxygens (including phenoxy) is 6. The van der Waals surface area contributed by atoms with Crippen LogP contribution in [0, 0.1) is 36.5 Å². The second kappa shape index (κ2) is 21.3. The molecule has 6 rings (SSSR count). The highest BCUT2D eigenvalue weighted by Gasteiger charge is 2.29. The van der Waals surface area contributed by atoms with Gasteiger partial charge in [-0.3, -0.25) is 0 Å². The summed E-state index contributed by atoms with van der Waals surface area (Å²) in [5, 5.41) is 41.5. The molecule has 2 unspecified atom stereocenters. The summed E-state index contributed by atoms with van der Waals surface area (Å²) in [6.45, 7) is 19.4. The highest BCUT2D eigenvalue weighted by molar-refractivity contribution is 6.76. The average molecular weight is 907 g/mol. The van der Waals surface area contributed by atoms with Gasteiger partial charge in [0.2, 0.25) is 0 Å². The maximum absolute atomic E-state index is 11.4. The second-order valence-electron chi connectivity index (χ2n) is 18.1. The van der Waals surface area contributed by atoms with E-state index in [0.29, 0.717) is 81.1 Å². The van der Waals surface area contributed by atoms with Gasteiger partial charge in [-0.1, -0.05) is 39.3 Å². The lowest BCUT2D eigenvalue weighted by atomic mass is 10.0. The fourth-order valence-corrected chi connectivity index (χ4v) is 8.64. The molecule has 0 spiro atoms. The normalized spacial score (nSPS) is 12.6. The molecule has 14 nitrogen and oxygen atoms in total. The first-order chi connectivity index (χ1) is 30.4. The van der Waals surface area contributed by atoms with Crippen molar-refractivity contribution >= 4 is 38.2 Å². The molecule has 0 amide bonds. The van der Waals surface area contributed by atoms with Crippen LogP contribution in [0.1, 0.15) is 57.2 Å². The summed E-state index contributed by atoms with van der Waals surface area (Å²) in [6, 6.07) is 24.4. The van der Waals surface area contributed by atoms with Crippen molar-refractivity contribution in [2.75, 3.05) is 41.7 Å². The van der Waals surface area contributed by atoms with E-state index in [1.54, 1.807) is 58.8 Å². The van der Waals surface area contributed by atoms with Gasteiger partial charge >= 0.3 is 0 Å². The van der Waals surface area contributed by atoms with Gasteiger partial charge in [-0.2, -0.15) is 10.5 Å². The molecule has 0 bridgehead atoms. The van der Waals surface area contributed by atoms with Crippen molar-refractivity contribution in [2.45, 2.75) is 90.9 Å². The molecule has 0 saturated carbocycles. The molecule has 2 atom stereocenters. The largest absolute Gasteiger partial charge is 0.496 e. The number of nitriles is 2. The molecule has 0 aliphatic rings. The van der Waals surface area contributed by atoms with Crippen LogP contribution in [0.4, 0.5) is 0 Å². The van der Waals surface area contributed by atoms with Gasteiger partial charge in [-0.25, -0.2) is 9.97 Å². The quantitative estimate of drug-likeness (QED) is 0.0618. The molecule has 0 fully saturated rings. The van der Waals surface area contributed by atoms with Crippen molar-refractivity contribution in [3.05, 3.63) is 106 Å². The molecule has 2 N–H and O–H groups in total. The number of aryl methyl sites for hydroxylation is 2. The van der Waals surface area contributed by atoms with Crippen molar-refractivity contribution in [1.29, 1.82) is 10.5 Å². The van der Waals surface area contributed by atoms with Gasteiger partial charge in [0.1, 0.15) is 60.3 Å². The fraction of sp³-hybridized carbons (Fsp3) is 0.417. The molecule has 0 aliphatic heterocycles. The van der Waals surface area contributed by atoms with Crippen molar-refractivity contribution in [1.82, 2.24) is 19.1 Å². The third-order valence-corrected chi connectivity index (χ3v) is 14.1. The number of imidazole rings is 2. The van der Waals surface area contributed by atoms with E-state index in [1.165, 1.54) is 0 Å². The van der Waals surface area contributed by atoms with Gasteiger partial charge in [0, 0.05) is 29.4 Å². The Labute approximate surface area is 378 Å². The van der Waals surface area contributed by atoms with Crippen LogP contribution in [-0.4, -0.2) is 87.1 Å². The van der Waals surface area contributed by atoms with Crippen molar-refractivity contribution in [3.8, 4) is 35.1 Å². The molecule has 64 heavy (non-hydrogen) atoms. The van der Waals surface area contributed by atoms with Crippen molar-refractivity contribution < 1.29 is 38.6 Å². The van der Waals surface area contributed by atoms with Gasteiger partial charge in [0.25, 0.3) is 0 Å². The van der Waals surface area contributed by atoms with Crippen LogP contribution in [-0.2, 0) is 22.9 Å². The van der Waals surface area contributed by atoms with E-state index in [1.807, 2.05) is 53.3 Å². The Balaban J connectivity index is 0.000000241. The summed E-state index contributed by atoms with van der Waals surface area (Å²) in [5.41, 5.74) is 6.76. The van der Waals surface area contributed by atoms with Crippen LogP contribution >= 0.6 is 0 Å². The monoisotopic (exact) mass is 906 g/mol. The van der Waals surface area contributed by atoms with Crippen molar-refractivity contribution in [2.24, 2.45) is 0 Å². The standard InChI is InChI=1S/2C24H31N3O4Si/c1-16-11-20(29-2)22(21(12-16)30-3)23(28)24-26-18-13-17(14-25)7-8-19(18)27(24)15-31-9-10-32(4,5)6;1-16-11-20(29-2)22(21(12-16)30-3)23(28)24-26-18-8-7-17(14-25)13-19(18)27(24)15-31-9-10-32(4,5)6/h2*7-8,11-13,23,28H,9-10,15H2,1-6H3. The number of aliphatic hydroxyl groups excluding tert-OH is 2. The number of aliphatic hydroxyl groups is 2. The number of fused-ring (bicyclic) bond motifs is 2. The fourth-order valence-electron chi connectivity index (χ4n) is 7.12. The second-order valence-corrected chi connectivity index (χ2v) is 29.3. The number of hydrogen-bond acceptors (Lipinski definition) is 12. The summed E-state index contributed by atoms with van der Waals surface area (Å²) in [4.78, 5) is 9.36. The third kappa shape index (κ3) is 11.9. The Hall–Kier alpha value is -5.73. The van der Waals surface area contributed by atoms with E-state index in [2.05, 4.69) is 61.4 Å². The first kappa shape index (κ1) is 49.3. The zero-order valence-electron chi connectivity index (χ0n) is 39.2. The molecule has 2 heterocycles. The molecule has 4 aromatic carbocycles. The zero-order chi connectivity index (χ0) is 46.9. The number of aromatic nitrogens is 4. The van der Waals surface area contributed by atoms with Gasteiger partial charge < -0.3 is 47.8 Å². The molecular formula is C48H62N6O8Si2. The maximum Gasteiger partial charge on any atom is 0.145 e. The van der Waals surface area contributed by atoms with E-state index in [9.17, 15) is 20.7 Å². The summed E-state index contributed by atoms with van der Waals surface area (Å²) >= 11 is 0. The predicted octanol–water partition coefficient (Wildman–Crippen LogP) is 9.26. The summed E-state index contributed by atoms with van der Waals surface area (Å²) in [6.07, 6.45) is -2.22. The lowest BCUT2D eigenvalue weighted by Crippen LogP contribution is -2.22. The average Bonchev–Trinajstić information content (AvgIpc) is 3.82. The van der Waals surface area contributed by atoms with Crippen LogP contribution in [0.2, 0.25) is 51.4 Å². The van der Waals surface area contributed by atoms with E-state index in [4.69, 9.17) is 28.4 Å². The van der Waals surface area contributed by atoms with Crippen molar-refractivity contribution in [3.63, 3.8) is 0 Å². The Morgan fingerprint density at radius 1 is 0.562 bits per heavy atom. The minimum absolute atomic E-state index is 0.221. The smallest absolute Gasteiger partial charge is 0.145 e. The van der Waals surface area contributed by atoms with E-state index >= 15 is 0 Å². The number of rotatable bonds is 18. The van der Waals surface area contributed by atoms with Gasteiger partial charge in [-0.05, 0) is 97.7 Å². The Bertz CT molecular complexity index is 2540. The molecule has 0 saturated heterocycles. The van der Waals surface area contributed by atoms with Crippen LogP contribution in [0.25, 0.3) is 22.1 Å². The number of methoxy groups -OCH3 is 4. The van der Waals surface area contributed by atoms with Crippen LogP contribution in [0.5, 0.6) is 23.0 Å². The topological polar surface area (TPSA) is 179 Å². The Morgan fingerprint density at radius 3 is 1.36 bits per heavy atom. The molecular weight excluding hydrogens is 845 g/mol. The first-order valence-electron chi connectivity index (χ1n) is 21.1. The SMILES string of the molecule is COc1cc(C)cc(OC)c1C(O)c1nc2cc(C#N)ccc2n1COCC[Si](C)(C)C.COc1cc(C)cc(OC)c1C(O)c1nc2ccc(C#N)cc2n1COCC[Si](C)(C)C. The number of benzene rings is 4. The van der Waals surface area contributed by atoms with Crippen LogP contribution in [0.15, 0.2) is 60.7 Å². The summed E-state index contributed by atoms with van der Waals surface area (Å²) in [5.74, 6) is 2.89. The summed E-state index contributed by atoms with van der Waals surface area (Å²) < 4.78 is 37.9. The highest BCUT2D eigenvalue weighted by Crippen LogP contribution is 2.41. The number of hydrogen-bond donors (Lipinski definition) is 2. The molecule has 0 aliphatic carbocycles. The maximum atomic E-state index is 11.4. The van der Waals surface area contributed by atoms with E-state index in [-0.39, 0.29) is 13.5 Å². The minimum Gasteiger partial charge on any atom is -0.496 e. The van der Waals surface area contributed by atoms with Gasteiger partial charge in [0.15, 0.2) is 0 Å². The molecule has 340 valence electrons. The number of nitrogens with zero attached hydrogens (tertiary/aromatic N) is 6. The van der Waals surface area contributed by atoms with Crippen LogP contribution < -0.4 is 18.9 Å². The lowest BCUT2D eigenvalue weighted by Gasteiger charge is -2.20. The minimum atomic E-state index is -1.24.